The summed E-state index contributed by atoms with van der Waals surface area (Å²) < 4.78 is 1.62. The normalized spacial score (nSPS) is 10.8. The van der Waals surface area contributed by atoms with Crippen molar-refractivity contribution in [1.82, 2.24) is 19.7 Å². The highest BCUT2D eigenvalue weighted by molar-refractivity contribution is 6.07. The lowest BCUT2D eigenvalue weighted by Crippen LogP contribution is -2.13. The summed E-state index contributed by atoms with van der Waals surface area (Å²) in [5.41, 5.74) is 2.69. The molecule has 3 aromatic heterocycles. The number of benzene rings is 1. The molecule has 0 unspecified atom stereocenters. The summed E-state index contributed by atoms with van der Waals surface area (Å²) in [6.45, 7) is 0. The van der Waals surface area contributed by atoms with E-state index in [0.29, 0.717) is 17.1 Å². The molecule has 1 N–H and O–H groups in total. The van der Waals surface area contributed by atoms with E-state index in [0.717, 1.165) is 16.5 Å². The smallest absolute Gasteiger partial charge is 0.260 e. The van der Waals surface area contributed by atoms with E-state index in [-0.39, 0.29) is 5.91 Å². The third-order valence-electron chi connectivity index (χ3n) is 3.85. The SMILES string of the molecule is Cn1cc(C(=O)Nc2ccc3ccccc3n2)c(-c2cccnc2)n1. The minimum Gasteiger partial charge on any atom is -0.306 e. The molecule has 0 saturated heterocycles. The van der Waals surface area contributed by atoms with E-state index in [1.807, 2.05) is 42.5 Å². The largest absolute Gasteiger partial charge is 0.306 e. The molecule has 0 fully saturated rings. The van der Waals surface area contributed by atoms with Crippen LogP contribution in [0.25, 0.3) is 22.2 Å². The number of nitrogens with zero attached hydrogens (tertiary/aromatic N) is 4. The minimum atomic E-state index is -0.255. The Kier molecular flexibility index (Phi) is 3.70. The highest BCUT2D eigenvalue weighted by atomic mass is 16.1. The van der Waals surface area contributed by atoms with E-state index in [1.165, 1.54) is 0 Å². The number of carbonyl (C=O) groups excluding carboxylic acids is 1. The summed E-state index contributed by atoms with van der Waals surface area (Å²) in [5, 5.41) is 8.26. The van der Waals surface area contributed by atoms with Crippen LogP contribution in [0.2, 0.25) is 0 Å². The molecule has 0 radical (unpaired) electrons. The summed E-state index contributed by atoms with van der Waals surface area (Å²) in [6, 6.07) is 15.2. The molecule has 0 aliphatic carbocycles. The Morgan fingerprint density at radius 1 is 1.08 bits per heavy atom. The number of nitrogens with one attached hydrogen (secondary N) is 1. The van der Waals surface area contributed by atoms with E-state index >= 15 is 0 Å². The van der Waals surface area contributed by atoms with Crippen molar-refractivity contribution in [1.29, 1.82) is 0 Å². The summed E-state index contributed by atoms with van der Waals surface area (Å²) in [7, 11) is 1.78. The van der Waals surface area contributed by atoms with Crippen molar-refractivity contribution >= 4 is 22.6 Å². The molecule has 0 bridgehead atoms. The summed E-state index contributed by atoms with van der Waals surface area (Å²) >= 11 is 0. The molecule has 0 spiro atoms. The first-order chi connectivity index (χ1) is 12.2. The van der Waals surface area contributed by atoms with E-state index in [2.05, 4.69) is 20.4 Å². The van der Waals surface area contributed by atoms with Gasteiger partial charge in [0.05, 0.1) is 11.1 Å². The predicted molar refractivity (Wildman–Crippen MR) is 96.1 cm³/mol. The van der Waals surface area contributed by atoms with E-state index < -0.39 is 0 Å². The summed E-state index contributed by atoms with van der Waals surface area (Å²) in [4.78, 5) is 21.3. The molecular formula is C19H15N5O. The first-order valence-corrected chi connectivity index (χ1v) is 7.82. The van der Waals surface area contributed by atoms with Gasteiger partial charge in [0.25, 0.3) is 5.91 Å². The molecule has 0 aliphatic rings. The molecule has 3 heterocycles. The molecular weight excluding hydrogens is 314 g/mol. The van der Waals surface area contributed by atoms with E-state index in [4.69, 9.17) is 0 Å². The van der Waals surface area contributed by atoms with Gasteiger partial charge in [-0.15, -0.1) is 0 Å². The zero-order valence-electron chi connectivity index (χ0n) is 13.5. The van der Waals surface area contributed by atoms with Crippen LogP contribution >= 0.6 is 0 Å². The fraction of sp³-hybridized carbons (Fsp3) is 0.0526. The van der Waals surface area contributed by atoms with E-state index in [1.54, 1.807) is 36.4 Å². The lowest BCUT2D eigenvalue weighted by Gasteiger charge is -2.06. The first kappa shape index (κ1) is 15.0. The molecule has 122 valence electrons. The Labute approximate surface area is 144 Å². The predicted octanol–water partition coefficient (Wildman–Crippen LogP) is 3.28. The number of hydrogen-bond acceptors (Lipinski definition) is 4. The third-order valence-corrected chi connectivity index (χ3v) is 3.85. The van der Waals surface area contributed by atoms with Crippen LogP contribution in [0.1, 0.15) is 10.4 Å². The fourth-order valence-electron chi connectivity index (χ4n) is 2.69. The van der Waals surface area contributed by atoms with Gasteiger partial charge in [0.1, 0.15) is 11.5 Å². The number of hydrogen-bond donors (Lipinski definition) is 1. The van der Waals surface area contributed by atoms with Gasteiger partial charge in [0, 0.05) is 36.6 Å². The Bertz CT molecular complexity index is 1060. The maximum atomic E-state index is 12.7. The highest BCUT2D eigenvalue weighted by Crippen LogP contribution is 2.22. The van der Waals surface area contributed by atoms with Crippen molar-refractivity contribution in [2.45, 2.75) is 0 Å². The Hall–Kier alpha value is -3.54. The number of aryl methyl sites for hydroxylation is 1. The monoisotopic (exact) mass is 329 g/mol. The topological polar surface area (TPSA) is 72.7 Å². The lowest BCUT2D eigenvalue weighted by molar-refractivity contribution is 0.102. The zero-order valence-corrected chi connectivity index (χ0v) is 13.5. The third kappa shape index (κ3) is 2.97. The van der Waals surface area contributed by atoms with Crippen molar-refractivity contribution in [2.75, 3.05) is 5.32 Å². The number of aromatic nitrogens is 4. The number of pyridine rings is 2. The Balaban J connectivity index is 1.67. The molecule has 6 heteroatoms. The Morgan fingerprint density at radius 3 is 2.80 bits per heavy atom. The van der Waals surface area contributed by atoms with Crippen LogP contribution in [-0.2, 0) is 7.05 Å². The summed E-state index contributed by atoms with van der Waals surface area (Å²) in [5.74, 6) is 0.249. The minimum absolute atomic E-state index is 0.255. The average Bonchev–Trinajstić information content (AvgIpc) is 3.04. The van der Waals surface area contributed by atoms with Gasteiger partial charge in [0.2, 0.25) is 0 Å². The molecule has 0 saturated carbocycles. The van der Waals surface area contributed by atoms with E-state index in [9.17, 15) is 4.79 Å². The van der Waals surface area contributed by atoms with Gasteiger partial charge in [-0.05, 0) is 30.3 Å². The van der Waals surface area contributed by atoms with Gasteiger partial charge in [-0.3, -0.25) is 14.5 Å². The number of para-hydroxylation sites is 1. The van der Waals surface area contributed by atoms with Crippen LogP contribution in [0.15, 0.2) is 67.1 Å². The van der Waals surface area contributed by atoms with Crippen LogP contribution in [0.4, 0.5) is 5.82 Å². The summed E-state index contributed by atoms with van der Waals surface area (Å²) in [6.07, 6.45) is 5.07. The van der Waals surface area contributed by atoms with Gasteiger partial charge in [-0.2, -0.15) is 5.10 Å². The maximum absolute atomic E-state index is 12.7. The molecule has 1 amide bonds. The van der Waals surface area contributed by atoms with Crippen molar-refractivity contribution in [3.63, 3.8) is 0 Å². The molecule has 0 atom stereocenters. The van der Waals surface area contributed by atoms with Crippen molar-refractivity contribution < 1.29 is 4.79 Å². The number of carbonyl (C=O) groups is 1. The van der Waals surface area contributed by atoms with Crippen molar-refractivity contribution in [3.8, 4) is 11.3 Å². The molecule has 4 rings (SSSR count). The molecule has 6 nitrogen and oxygen atoms in total. The van der Waals surface area contributed by atoms with Gasteiger partial charge in [-0.25, -0.2) is 4.98 Å². The number of fused-ring (bicyclic) bond motifs is 1. The van der Waals surface area contributed by atoms with Gasteiger partial charge < -0.3 is 5.32 Å². The molecule has 1 aromatic carbocycles. The zero-order chi connectivity index (χ0) is 17.2. The highest BCUT2D eigenvalue weighted by Gasteiger charge is 2.18. The molecule has 0 aliphatic heterocycles. The van der Waals surface area contributed by atoms with Crippen molar-refractivity contribution in [2.24, 2.45) is 7.05 Å². The number of anilines is 1. The van der Waals surface area contributed by atoms with Gasteiger partial charge in [0.15, 0.2) is 0 Å². The molecule has 25 heavy (non-hydrogen) atoms. The maximum Gasteiger partial charge on any atom is 0.260 e. The van der Waals surface area contributed by atoms with Gasteiger partial charge >= 0.3 is 0 Å². The second kappa shape index (κ2) is 6.16. The Morgan fingerprint density at radius 2 is 1.96 bits per heavy atom. The second-order valence-electron chi connectivity index (χ2n) is 5.65. The van der Waals surface area contributed by atoms with Gasteiger partial charge in [-0.1, -0.05) is 18.2 Å². The molecule has 4 aromatic rings. The number of rotatable bonds is 3. The van der Waals surface area contributed by atoms with Crippen LogP contribution < -0.4 is 5.32 Å². The van der Waals surface area contributed by atoms with Crippen LogP contribution in [-0.4, -0.2) is 25.7 Å². The van der Waals surface area contributed by atoms with Crippen molar-refractivity contribution in [3.05, 3.63) is 72.7 Å². The fourth-order valence-corrected chi connectivity index (χ4v) is 2.69. The first-order valence-electron chi connectivity index (χ1n) is 7.82. The lowest BCUT2D eigenvalue weighted by atomic mass is 10.1. The van der Waals surface area contributed by atoms with Crippen LogP contribution in [0, 0.1) is 0 Å². The average molecular weight is 329 g/mol. The van der Waals surface area contributed by atoms with Crippen LogP contribution in [0.3, 0.4) is 0 Å². The standard InChI is InChI=1S/C19H15N5O/c1-24-12-15(18(23-24)14-6-4-10-20-11-14)19(25)22-17-9-8-13-5-2-3-7-16(13)21-17/h2-12H,1H3,(H,21,22,25). The number of amides is 1. The van der Waals surface area contributed by atoms with Crippen LogP contribution in [0.5, 0.6) is 0 Å². The quantitative estimate of drug-likeness (QED) is 0.626. The second-order valence-corrected chi connectivity index (χ2v) is 5.65.